The predicted molar refractivity (Wildman–Crippen MR) is 104 cm³/mol. The molecule has 0 bridgehead atoms. The minimum Gasteiger partial charge on any atom is -0.484 e. The van der Waals surface area contributed by atoms with Crippen LogP contribution in [0.2, 0.25) is 0 Å². The summed E-state index contributed by atoms with van der Waals surface area (Å²) in [5.74, 6) is 0.958. The standard InChI is InChI=1S/C19H31N5O2/c1-3-9-24-10-7-16(8-11-24)23-19(21-2)22-13-15-5-4-6-17(12-15)26-14-18(20)25/h4-6,12,16H,3,7-11,13-14H2,1-2H3,(H2,20,25)(H2,21,22,23). The maximum absolute atomic E-state index is 10.8. The number of piperidine rings is 1. The van der Waals surface area contributed by atoms with Gasteiger partial charge >= 0.3 is 0 Å². The Bertz CT molecular complexity index is 597. The van der Waals surface area contributed by atoms with Gasteiger partial charge in [-0.3, -0.25) is 9.79 Å². The first-order chi connectivity index (χ1) is 12.6. The number of hydrogen-bond donors (Lipinski definition) is 3. The molecule has 1 amide bonds. The molecule has 26 heavy (non-hydrogen) atoms. The van der Waals surface area contributed by atoms with Gasteiger partial charge in [0, 0.05) is 32.7 Å². The van der Waals surface area contributed by atoms with E-state index in [1.165, 1.54) is 13.0 Å². The molecule has 0 unspecified atom stereocenters. The highest BCUT2D eigenvalue weighted by Crippen LogP contribution is 2.13. The number of nitrogens with one attached hydrogen (secondary N) is 2. The van der Waals surface area contributed by atoms with Gasteiger partial charge in [0.25, 0.3) is 5.91 Å². The predicted octanol–water partition coefficient (Wildman–Crippen LogP) is 1.09. The summed E-state index contributed by atoms with van der Waals surface area (Å²) < 4.78 is 5.34. The van der Waals surface area contributed by atoms with E-state index in [9.17, 15) is 4.79 Å². The molecule has 0 aliphatic carbocycles. The topological polar surface area (TPSA) is 92.0 Å². The number of benzene rings is 1. The summed E-state index contributed by atoms with van der Waals surface area (Å²) in [6.45, 7) is 6.21. The lowest BCUT2D eigenvalue weighted by molar-refractivity contribution is -0.119. The molecule has 0 spiro atoms. The third-order valence-electron chi connectivity index (χ3n) is 4.43. The van der Waals surface area contributed by atoms with E-state index in [2.05, 4.69) is 27.4 Å². The van der Waals surface area contributed by atoms with Crippen LogP contribution in [-0.4, -0.2) is 56.1 Å². The van der Waals surface area contributed by atoms with Gasteiger partial charge in [-0.25, -0.2) is 0 Å². The van der Waals surface area contributed by atoms with E-state index in [1.807, 2.05) is 24.3 Å². The number of carbonyl (C=O) groups excluding carboxylic acids is 1. The molecule has 1 heterocycles. The van der Waals surface area contributed by atoms with Crippen molar-refractivity contribution in [2.45, 2.75) is 38.8 Å². The minimum atomic E-state index is -0.483. The Morgan fingerprint density at radius 1 is 1.38 bits per heavy atom. The molecular weight excluding hydrogens is 330 g/mol. The van der Waals surface area contributed by atoms with E-state index in [1.54, 1.807) is 7.05 Å². The van der Waals surface area contributed by atoms with Gasteiger partial charge in [0.2, 0.25) is 0 Å². The van der Waals surface area contributed by atoms with Crippen molar-refractivity contribution in [1.29, 1.82) is 0 Å². The summed E-state index contributed by atoms with van der Waals surface area (Å²) in [6, 6.07) is 8.06. The summed E-state index contributed by atoms with van der Waals surface area (Å²) in [4.78, 5) is 17.7. The van der Waals surface area contributed by atoms with Gasteiger partial charge in [-0.05, 0) is 43.5 Å². The largest absolute Gasteiger partial charge is 0.484 e. The molecule has 0 atom stereocenters. The molecular formula is C19H31N5O2. The number of carbonyl (C=O) groups is 1. The number of primary amides is 1. The lowest BCUT2D eigenvalue weighted by atomic mass is 10.1. The molecule has 1 aliphatic heterocycles. The monoisotopic (exact) mass is 361 g/mol. The van der Waals surface area contributed by atoms with Crippen LogP contribution < -0.4 is 21.1 Å². The number of nitrogens with zero attached hydrogens (tertiary/aromatic N) is 2. The Labute approximate surface area is 156 Å². The van der Waals surface area contributed by atoms with Crippen LogP contribution in [0.1, 0.15) is 31.7 Å². The van der Waals surface area contributed by atoms with Gasteiger partial charge < -0.3 is 26.0 Å². The number of amides is 1. The molecule has 4 N–H and O–H groups in total. The molecule has 0 radical (unpaired) electrons. The van der Waals surface area contributed by atoms with Crippen molar-refractivity contribution in [3.05, 3.63) is 29.8 Å². The molecule has 7 nitrogen and oxygen atoms in total. The zero-order chi connectivity index (χ0) is 18.8. The van der Waals surface area contributed by atoms with Crippen LogP contribution in [0.4, 0.5) is 0 Å². The van der Waals surface area contributed by atoms with Gasteiger partial charge in [0.15, 0.2) is 12.6 Å². The zero-order valence-electron chi connectivity index (χ0n) is 15.8. The number of aliphatic imine (C=N–C) groups is 1. The van der Waals surface area contributed by atoms with E-state index in [0.29, 0.717) is 18.3 Å². The smallest absolute Gasteiger partial charge is 0.255 e. The number of hydrogen-bond acceptors (Lipinski definition) is 4. The molecule has 7 heteroatoms. The van der Waals surface area contributed by atoms with Crippen LogP contribution in [0, 0.1) is 0 Å². The fraction of sp³-hybridized carbons (Fsp3) is 0.579. The average Bonchev–Trinajstić information content (AvgIpc) is 2.65. The fourth-order valence-corrected chi connectivity index (χ4v) is 3.09. The van der Waals surface area contributed by atoms with Crippen LogP contribution in [0.5, 0.6) is 5.75 Å². The molecule has 1 saturated heterocycles. The molecule has 2 rings (SSSR count). The second kappa shape index (κ2) is 10.7. The minimum absolute atomic E-state index is 0.114. The summed E-state index contributed by atoms with van der Waals surface area (Å²) in [6.07, 6.45) is 3.48. The Kier molecular flexibility index (Phi) is 8.21. The average molecular weight is 361 g/mol. The van der Waals surface area contributed by atoms with E-state index >= 15 is 0 Å². The quantitative estimate of drug-likeness (QED) is 0.476. The number of ether oxygens (including phenoxy) is 1. The van der Waals surface area contributed by atoms with E-state index in [4.69, 9.17) is 10.5 Å². The van der Waals surface area contributed by atoms with Crippen molar-refractivity contribution < 1.29 is 9.53 Å². The normalized spacial score (nSPS) is 16.3. The van der Waals surface area contributed by atoms with E-state index in [0.717, 1.165) is 37.5 Å². The van der Waals surface area contributed by atoms with Gasteiger partial charge in [-0.1, -0.05) is 19.1 Å². The highest BCUT2D eigenvalue weighted by molar-refractivity contribution is 5.80. The number of guanidine groups is 1. The van der Waals surface area contributed by atoms with Crippen LogP contribution in [-0.2, 0) is 11.3 Å². The van der Waals surface area contributed by atoms with Crippen LogP contribution >= 0.6 is 0 Å². The highest BCUT2D eigenvalue weighted by Gasteiger charge is 2.19. The molecule has 1 fully saturated rings. The van der Waals surface area contributed by atoms with Crippen LogP contribution in [0.15, 0.2) is 29.3 Å². The number of likely N-dealkylation sites (tertiary alicyclic amines) is 1. The molecule has 1 aromatic carbocycles. The van der Waals surface area contributed by atoms with Gasteiger partial charge in [0.1, 0.15) is 5.75 Å². The van der Waals surface area contributed by atoms with Gasteiger partial charge in [-0.15, -0.1) is 0 Å². The Morgan fingerprint density at radius 2 is 2.15 bits per heavy atom. The molecule has 0 saturated carbocycles. The summed E-state index contributed by atoms with van der Waals surface area (Å²) in [5.41, 5.74) is 6.15. The second-order valence-electron chi connectivity index (χ2n) is 6.59. The fourth-order valence-electron chi connectivity index (χ4n) is 3.09. The maximum Gasteiger partial charge on any atom is 0.255 e. The molecule has 144 valence electrons. The van der Waals surface area contributed by atoms with Gasteiger partial charge in [-0.2, -0.15) is 0 Å². The lowest BCUT2D eigenvalue weighted by Gasteiger charge is -2.32. The van der Waals surface area contributed by atoms with Crippen LogP contribution in [0.3, 0.4) is 0 Å². The second-order valence-corrected chi connectivity index (χ2v) is 6.59. The molecule has 0 aromatic heterocycles. The zero-order valence-corrected chi connectivity index (χ0v) is 15.8. The molecule has 1 aromatic rings. The summed E-state index contributed by atoms with van der Waals surface area (Å²) in [5, 5.41) is 6.85. The first-order valence-corrected chi connectivity index (χ1v) is 9.30. The first kappa shape index (κ1) is 20.0. The number of rotatable bonds is 8. The Balaban J connectivity index is 1.78. The third kappa shape index (κ3) is 6.92. The summed E-state index contributed by atoms with van der Waals surface area (Å²) in [7, 11) is 1.79. The lowest BCUT2D eigenvalue weighted by Crippen LogP contribution is -2.48. The van der Waals surface area contributed by atoms with Gasteiger partial charge in [0.05, 0.1) is 0 Å². The van der Waals surface area contributed by atoms with E-state index in [-0.39, 0.29) is 6.61 Å². The van der Waals surface area contributed by atoms with Crippen molar-refractivity contribution in [3.8, 4) is 5.75 Å². The van der Waals surface area contributed by atoms with Crippen LogP contribution in [0.25, 0.3) is 0 Å². The first-order valence-electron chi connectivity index (χ1n) is 9.30. The van der Waals surface area contributed by atoms with E-state index < -0.39 is 5.91 Å². The van der Waals surface area contributed by atoms with Crippen molar-refractivity contribution in [2.75, 3.05) is 33.3 Å². The Morgan fingerprint density at radius 3 is 2.81 bits per heavy atom. The Hall–Kier alpha value is -2.28. The van der Waals surface area contributed by atoms with Crippen molar-refractivity contribution >= 4 is 11.9 Å². The molecule has 1 aliphatic rings. The highest BCUT2D eigenvalue weighted by atomic mass is 16.5. The SMILES string of the molecule is CCCN1CCC(NC(=NC)NCc2cccc(OCC(N)=O)c2)CC1. The maximum atomic E-state index is 10.8. The number of nitrogens with two attached hydrogens (primary N) is 1. The van der Waals surface area contributed by atoms with Crippen molar-refractivity contribution in [2.24, 2.45) is 10.7 Å². The van der Waals surface area contributed by atoms with Crippen molar-refractivity contribution in [1.82, 2.24) is 15.5 Å². The third-order valence-corrected chi connectivity index (χ3v) is 4.43. The summed E-state index contributed by atoms with van der Waals surface area (Å²) >= 11 is 0. The van der Waals surface area contributed by atoms with Crippen molar-refractivity contribution in [3.63, 3.8) is 0 Å².